The fraction of sp³-hybridized carbons (Fsp3) is 0.0417. The van der Waals surface area contributed by atoms with E-state index in [4.69, 9.17) is 0 Å². The molecule has 4 rings (SSSR count). The molecule has 4 heteroatoms. The fourth-order valence-corrected chi connectivity index (χ4v) is 3.28. The van der Waals surface area contributed by atoms with Crippen LogP contribution >= 0.6 is 0 Å². The molecule has 2 aromatic heterocycles. The molecular formula is C24H17N3O. The molecule has 0 unspecified atom stereocenters. The zero-order chi connectivity index (χ0) is 19.5. The summed E-state index contributed by atoms with van der Waals surface area (Å²) < 4.78 is 1.64. The highest BCUT2D eigenvalue weighted by molar-refractivity contribution is 5.75. The largest absolute Gasteiger partial charge is 0.283 e. The van der Waals surface area contributed by atoms with E-state index in [-0.39, 0.29) is 5.56 Å². The summed E-state index contributed by atoms with van der Waals surface area (Å²) >= 11 is 0. The van der Waals surface area contributed by atoms with E-state index in [9.17, 15) is 10.1 Å². The predicted octanol–water partition coefficient (Wildman–Crippen LogP) is 4.75. The van der Waals surface area contributed by atoms with Crippen molar-refractivity contribution in [3.8, 4) is 34.1 Å². The van der Waals surface area contributed by atoms with Crippen molar-refractivity contribution in [1.82, 2.24) is 9.55 Å². The number of rotatable bonds is 3. The first-order chi connectivity index (χ1) is 13.7. The SMILES string of the molecule is Cc1ccccc1-n1cc(-c2ccccn2)cc(-c2ccccc2C#N)c1=O. The van der Waals surface area contributed by atoms with Gasteiger partial charge < -0.3 is 0 Å². The minimum absolute atomic E-state index is 0.170. The minimum atomic E-state index is -0.170. The highest BCUT2D eigenvalue weighted by Gasteiger charge is 2.15. The van der Waals surface area contributed by atoms with Gasteiger partial charge in [-0.25, -0.2) is 0 Å². The van der Waals surface area contributed by atoms with Crippen LogP contribution in [-0.4, -0.2) is 9.55 Å². The molecule has 0 saturated heterocycles. The Morgan fingerprint density at radius 2 is 1.68 bits per heavy atom. The van der Waals surface area contributed by atoms with E-state index in [1.54, 1.807) is 29.0 Å². The zero-order valence-electron chi connectivity index (χ0n) is 15.3. The molecule has 28 heavy (non-hydrogen) atoms. The van der Waals surface area contributed by atoms with Crippen LogP contribution in [0.2, 0.25) is 0 Å². The number of hydrogen-bond acceptors (Lipinski definition) is 3. The van der Waals surface area contributed by atoms with Gasteiger partial charge in [-0.1, -0.05) is 42.5 Å². The Labute approximate surface area is 163 Å². The predicted molar refractivity (Wildman–Crippen MR) is 110 cm³/mol. The summed E-state index contributed by atoms with van der Waals surface area (Å²) in [6, 6.07) is 24.6. The van der Waals surface area contributed by atoms with Crippen molar-refractivity contribution in [2.75, 3.05) is 0 Å². The third-order valence-corrected chi connectivity index (χ3v) is 4.69. The van der Waals surface area contributed by atoms with Crippen molar-refractivity contribution in [1.29, 1.82) is 5.26 Å². The molecule has 0 fully saturated rings. The van der Waals surface area contributed by atoms with Gasteiger partial charge >= 0.3 is 0 Å². The lowest BCUT2D eigenvalue weighted by Gasteiger charge is -2.14. The molecule has 0 bridgehead atoms. The monoisotopic (exact) mass is 363 g/mol. The number of nitriles is 1. The molecule has 4 nitrogen and oxygen atoms in total. The fourth-order valence-electron chi connectivity index (χ4n) is 3.28. The summed E-state index contributed by atoms with van der Waals surface area (Å²) in [5.74, 6) is 0. The second kappa shape index (κ2) is 7.34. The highest BCUT2D eigenvalue weighted by Crippen LogP contribution is 2.26. The minimum Gasteiger partial charge on any atom is -0.283 e. The normalized spacial score (nSPS) is 10.4. The van der Waals surface area contributed by atoms with Gasteiger partial charge in [-0.3, -0.25) is 14.3 Å². The smallest absolute Gasteiger partial charge is 0.263 e. The number of hydrogen-bond donors (Lipinski definition) is 0. The van der Waals surface area contributed by atoms with Gasteiger partial charge in [-0.15, -0.1) is 0 Å². The van der Waals surface area contributed by atoms with Crippen LogP contribution in [0.25, 0.3) is 28.1 Å². The van der Waals surface area contributed by atoms with Gasteiger partial charge in [0.2, 0.25) is 0 Å². The Morgan fingerprint density at radius 3 is 2.43 bits per heavy atom. The van der Waals surface area contributed by atoms with Gasteiger partial charge in [0.25, 0.3) is 5.56 Å². The summed E-state index contributed by atoms with van der Waals surface area (Å²) in [5.41, 5.74) is 4.76. The number of benzene rings is 2. The summed E-state index contributed by atoms with van der Waals surface area (Å²) in [7, 11) is 0. The van der Waals surface area contributed by atoms with E-state index in [1.807, 2.05) is 67.7 Å². The first kappa shape index (κ1) is 17.4. The van der Waals surface area contributed by atoms with Crippen molar-refractivity contribution in [2.24, 2.45) is 0 Å². The molecule has 0 aliphatic rings. The molecule has 2 aromatic carbocycles. The molecule has 0 amide bonds. The number of nitrogens with zero attached hydrogens (tertiary/aromatic N) is 3. The van der Waals surface area contributed by atoms with Gasteiger partial charge in [-0.05, 0) is 42.8 Å². The maximum Gasteiger partial charge on any atom is 0.263 e. The third kappa shape index (κ3) is 3.10. The molecule has 0 N–H and O–H groups in total. The summed E-state index contributed by atoms with van der Waals surface area (Å²) in [4.78, 5) is 17.8. The second-order valence-corrected chi connectivity index (χ2v) is 6.48. The molecule has 0 aliphatic heterocycles. The standard InChI is InChI=1S/C24H17N3O/c1-17-8-2-5-12-23(17)27-16-19(22-11-6-7-13-26-22)14-21(24(27)28)20-10-4-3-9-18(20)15-25/h2-14,16H,1H3. The first-order valence-electron chi connectivity index (χ1n) is 8.92. The lowest BCUT2D eigenvalue weighted by molar-refractivity contribution is 0.981. The molecule has 0 spiro atoms. The maximum atomic E-state index is 13.4. The van der Waals surface area contributed by atoms with Crippen molar-refractivity contribution < 1.29 is 0 Å². The molecule has 0 atom stereocenters. The maximum absolute atomic E-state index is 13.4. The van der Waals surface area contributed by atoms with Gasteiger partial charge in [0.15, 0.2) is 0 Å². The van der Waals surface area contributed by atoms with Crippen molar-refractivity contribution in [2.45, 2.75) is 6.92 Å². The van der Waals surface area contributed by atoms with Gasteiger partial charge in [0.05, 0.1) is 23.0 Å². The number of pyridine rings is 2. The molecule has 0 radical (unpaired) electrons. The molecular weight excluding hydrogens is 346 g/mol. The molecule has 4 aromatic rings. The van der Waals surface area contributed by atoms with Crippen molar-refractivity contribution in [3.63, 3.8) is 0 Å². The molecule has 0 aliphatic carbocycles. The Balaban J connectivity index is 2.07. The Bertz CT molecular complexity index is 1250. The van der Waals surface area contributed by atoms with E-state index in [0.717, 1.165) is 22.5 Å². The molecule has 2 heterocycles. The van der Waals surface area contributed by atoms with Gasteiger partial charge in [0, 0.05) is 29.1 Å². The number of aryl methyl sites for hydroxylation is 1. The van der Waals surface area contributed by atoms with Crippen molar-refractivity contribution in [3.05, 3.63) is 107 Å². The Hall–Kier alpha value is -3.97. The van der Waals surface area contributed by atoms with Crippen LogP contribution in [0.3, 0.4) is 0 Å². The second-order valence-electron chi connectivity index (χ2n) is 6.48. The third-order valence-electron chi connectivity index (χ3n) is 4.69. The van der Waals surface area contributed by atoms with Crippen LogP contribution in [0.15, 0.2) is 90.0 Å². The van der Waals surface area contributed by atoms with E-state index >= 15 is 0 Å². The molecule has 0 saturated carbocycles. The first-order valence-corrected chi connectivity index (χ1v) is 8.92. The van der Waals surface area contributed by atoms with Crippen LogP contribution in [0, 0.1) is 18.3 Å². The molecule has 134 valence electrons. The highest BCUT2D eigenvalue weighted by atomic mass is 16.1. The van der Waals surface area contributed by atoms with Gasteiger partial charge in [0.1, 0.15) is 0 Å². The topological polar surface area (TPSA) is 58.7 Å². The van der Waals surface area contributed by atoms with Crippen LogP contribution in [0.4, 0.5) is 0 Å². The van der Waals surface area contributed by atoms with Crippen LogP contribution in [0.5, 0.6) is 0 Å². The summed E-state index contributed by atoms with van der Waals surface area (Å²) in [6.07, 6.45) is 3.53. The van der Waals surface area contributed by atoms with E-state index < -0.39 is 0 Å². The number of para-hydroxylation sites is 1. The summed E-state index contributed by atoms with van der Waals surface area (Å²) in [6.45, 7) is 1.97. The Kier molecular flexibility index (Phi) is 4.57. The van der Waals surface area contributed by atoms with Crippen LogP contribution in [-0.2, 0) is 0 Å². The summed E-state index contributed by atoms with van der Waals surface area (Å²) in [5, 5.41) is 9.52. The zero-order valence-corrected chi connectivity index (χ0v) is 15.3. The lowest BCUT2D eigenvalue weighted by Crippen LogP contribution is -2.21. The quantitative estimate of drug-likeness (QED) is 0.528. The van der Waals surface area contributed by atoms with Crippen LogP contribution < -0.4 is 5.56 Å². The van der Waals surface area contributed by atoms with E-state index in [1.165, 1.54) is 0 Å². The average Bonchev–Trinajstić information content (AvgIpc) is 2.75. The van der Waals surface area contributed by atoms with Crippen molar-refractivity contribution >= 4 is 0 Å². The van der Waals surface area contributed by atoms with Crippen LogP contribution in [0.1, 0.15) is 11.1 Å². The lowest BCUT2D eigenvalue weighted by atomic mass is 9.99. The average molecular weight is 363 g/mol. The van der Waals surface area contributed by atoms with Gasteiger partial charge in [-0.2, -0.15) is 5.26 Å². The van der Waals surface area contributed by atoms with E-state index in [0.29, 0.717) is 16.7 Å². The van der Waals surface area contributed by atoms with E-state index in [2.05, 4.69) is 11.1 Å². The number of aromatic nitrogens is 2. The Morgan fingerprint density at radius 1 is 0.929 bits per heavy atom.